The van der Waals surface area contributed by atoms with Crippen LogP contribution in [-0.4, -0.2) is 29.6 Å². The van der Waals surface area contributed by atoms with Crippen molar-refractivity contribution in [2.45, 2.75) is 33.1 Å². The molecule has 1 heterocycles. The zero-order valence-corrected chi connectivity index (χ0v) is 15.8. The monoisotopic (exact) mass is 377 g/mol. The van der Waals surface area contributed by atoms with Crippen molar-refractivity contribution in [3.8, 4) is 0 Å². The van der Waals surface area contributed by atoms with Gasteiger partial charge in [-0.1, -0.05) is 26.0 Å². The normalized spacial score (nSPS) is 26.3. The van der Waals surface area contributed by atoms with E-state index in [0.717, 1.165) is 4.88 Å². The highest BCUT2D eigenvalue weighted by Gasteiger charge is 2.51. The third-order valence-corrected chi connectivity index (χ3v) is 6.45. The van der Waals surface area contributed by atoms with Gasteiger partial charge in [0, 0.05) is 4.88 Å². The lowest BCUT2D eigenvalue weighted by atomic mass is 9.82. The summed E-state index contributed by atoms with van der Waals surface area (Å²) in [6.07, 6.45) is 4.54. The smallest absolute Gasteiger partial charge is 0.341 e. The van der Waals surface area contributed by atoms with Gasteiger partial charge in [0.1, 0.15) is 5.00 Å². The number of anilines is 1. The van der Waals surface area contributed by atoms with Crippen LogP contribution in [0, 0.1) is 23.7 Å². The number of hydrogen-bond acceptors (Lipinski definition) is 5. The van der Waals surface area contributed by atoms with Crippen molar-refractivity contribution in [2.75, 3.05) is 11.9 Å². The molecule has 2 N–H and O–H groups in total. The Morgan fingerprint density at radius 1 is 1.27 bits per heavy atom. The molecular weight excluding hydrogens is 354 g/mol. The fraction of sp³-hybridized carbons (Fsp3) is 0.526. The molecule has 140 valence electrons. The van der Waals surface area contributed by atoms with Gasteiger partial charge >= 0.3 is 11.9 Å². The Labute approximate surface area is 156 Å². The number of ether oxygens (including phenoxy) is 1. The van der Waals surface area contributed by atoms with Gasteiger partial charge in [-0.25, -0.2) is 4.79 Å². The standard InChI is InChI=1S/C19H23NO5S/c1-4-25-19(24)12-8-13(9(2)3)26-17(12)20-16(21)14-10-5-6-11(7-10)15(14)18(22)23/h5-6,8-11,14-15H,4,7H2,1-3H3,(H,20,21)(H,22,23)/t10-,11-,14+,15+/m0/s1. The lowest BCUT2D eigenvalue weighted by molar-refractivity contribution is -0.146. The molecule has 2 bridgehead atoms. The third kappa shape index (κ3) is 3.28. The van der Waals surface area contributed by atoms with Crippen LogP contribution in [-0.2, 0) is 14.3 Å². The van der Waals surface area contributed by atoms with Crippen LogP contribution in [0.5, 0.6) is 0 Å². The molecule has 0 aliphatic heterocycles. The first kappa shape index (κ1) is 18.6. The molecule has 4 atom stereocenters. The molecule has 0 saturated heterocycles. The van der Waals surface area contributed by atoms with Crippen molar-refractivity contribution in [3.63, 3.8) is 0 Å². The first-order valence-electron chi connectivity index (χ1n) is 8.86. The molecule has 1 fully saturated rings. The molecule has 2 aliphatic carbocycles. The summed E-state index contributed by atoms with van der Waals surface area (Å²) in [4.78, 5) is 37.7. The summed E-state index contributed by atoms with van der Waals surface area (Å²) < 4.78 is 5.09. The fourth-order valence-electron chi connectivity index (χ4n) is 3.86. The first-order chi connectivity index (χ1) is 12.3. The van der Waals surface area contributed by atoms with E-state index >= 15 is 0 Å². The van der Waals surface area contributed by atoms with Crippen molar-refractivity contribution in [3.05, 3.63) is 28.7 Å². The van der Waals surface area contributed by atoms with Crippen molar-refractivity contribution >= 4 is 34.2 Å². The van der Waals surface area contributed by atoms with Crippen LogP contribution in [0.15, 0.2) is 18.2 Å². The number of fused-ring (bicyclic) bond motifs is 2. The average molecular weight is 377 g/mol. The van der Waals surface area contributed by atoms with Gasteiger partial charge < -0.3 is 15.2 Å². The minimum atomic E-state index is -0.943. The van der Waals surface area contributed by atoms with Crippen LogP contribution in [0.3, 0.4) is 0 Å². The zero-order valence-electron chi connectivity index (χ0n) is 15.0. The number of allylic oxidation sites excluding steroid dienone is 2. The highest BCUT2D eigenvalue weighted by atomic mass is 32.1. The van der Waals surface area contributed by atoms with E-state index in [-0.39, 0.29) is 30.3 Å². The molecule has 1 saturated carbocycles. The Morgan fingerprint density at radius 3 is 2.50 bits per heavy atom. The van der Waals surface area contributed by atoms with Crippen LogP contribution in [0.1, 0.15) is 48.3 Å². The molecule has 1 aromatic rings. The van der Waals surface area contributed by atoms with Crippen LogP contribution in [0.4, 0.5) is 5.00 Å². The van der Waals surface area contributed by atoms with Crippen molar-refractivity contribution in [1.29, 1.82) is 0 Å². The van der Waals surface area contributed by atoms with Gasteiger partial charge in [0.05, 0.1) is 24.0 Å². The summed E-state index contributed by atoms with van der Waals surface area (Å²) in [5, 5.41) is 12.8. The quantitative estimate of drug-likeness (QED) is 0.585. The summed E-state index contributed by atoms with van der Waals surface area (Å²) in [6, 6.07) is 1.75. The van der Waals surface area contributed by atoms with E-state index in [1.54, 1.807) is 13.0 Å². The number of aliphatic carboxylic acids is 1. The Bertz CT molecular complexity index is 766. The number of esters is 1. The predicted molar refractivity (Wildman–Crippen MR) is 98.3 cm³/mol. The van der Waals surface area contributed by atoms with Gasteiger partial charge in [0.2, 0.25) is 5.91 Å². The molecule has 26 heavy (non-hydrogen) atoms. The van der Waals surface area contributed by atoms with Crippen molar-refractivity contribution in [1.82, 2.24) is 0 Å². The maximum atomic E-state index is 12.9. The number of hydrogen-bond donors (Lipinski definition) is 2. The number of carbonyl (C=O) groups is 3. The Kier molecular flexibility index (Phi) is 5.18. The van der Waals surface area contributed by atoms with E-state index in [0.29, 0.717) is 17.0 Å². The van der Waals surface area contributed by atoms with E-state index in [1.165, 1.54) is 11.3 Å². The first-order valence-corrected chi connectivity index (χ1v) is 9.68. The summed E-state index contributed by atoms with van der Waals surface area (Å²) >= 11 is 1.34. The second-order valence-corrected chi connectivity index (χ2v) is 8.18. The van der Waals surface area contributed by atoms with Gasteiger partial charge in [0.25, 0.3) is 0 Å². The Hall–Kier alpha value is -2.15. The van der Waals surface area contributed by atoms with Crippen molar-refractivity contribution in [2.24, 2.45) is 23.7 Å². The SMILES string of the molecule is CCOC(=O)c1cc(C(C)C)sc1NC(=O)[C@H]1[C@H](C(=O)O)[C@H]2C=C[C@H]1C2. The number of thiophene rings is 1. The van der Waals surface area contributed by atoms with Crippen LogP contribution in [0.2, 0.25) is 0 Å². The Balaban J connectivity index is 1.86. The Morgan fingerprint density at radius 2 is 1.92 bits per heavy atom. The van der Waals surface area contributed by atoms with Crippen LogP contribution in [0.25, 0.3) is 0 Å². The predicted octanol–water partition coefficient (Wildman–Crippen LogP) is 3.51. The fourth-order valence-corrected chi connectivity index (χ4v) is 4.91. The van der Waals surface area contributed by atoms with E-state index in [4.69, 9.17) is 4.74 Å². The molecular formula is C19H23NO5S. The summed E-state index contributed by atoms with van der Waals surface area (Å²) in [6.45, 7) is 5.99. The molecule has 1 aromatic heterocycles. The van der Waals surface area contributed by atoms with Crippen molar-refractivity contribution < 1.29 is 24.2 Å². The molecule has 3 rings (SSSR count). The number of carboxylic acid groups (broad SMARTS) is 1. The van der Waals surface area contributed by atoms with Crippen LogP contribution < -0.4 is 5.32 Å². The van der Waals surface area contributed by atoms with E-state index in [1.807, 2.05) is 26.0 Å². The average Bonchev–Trinajstić information content (AvgIpc) is 3.28. The largest absolute Gasteiger partial charge is 0.481 e. The molecule has 1 amide bonds. The zero-order chi connectivity index (χ0) is 19.0. The molecule has 7 heteroatoms. The molecule has 0 radical (unpaired) electrons. The minimum Gasteiger partial charge on any atom is -0.481 e. The van der Waals surface area contributed by atoms with Crippen LogP contribution >= 0.6 is 11.3 Å². The maximum absolute atomic E-state index is 12.9. The summed E-state index contributed by atoms with van der Waals surface area (Å²) in [5.74, 6) is -3.02. The lowest BCUT2D eigenvalue weighted by Gasteiger charge is -2.23. The molecule has 0 aromatic carbocycles. The van der Waals surface area contributed by atoms with E-state index in [2.05, 4.69) is 5.32 Å². The highest BCUT2D eigenvalue weighted by molar-refractivity contribution is 7.16. The molecule has 0 unspecified atom stereocenters. The molecule has 6 nitrogen and oxygen atoms in total. The summed E-state index contributed by atoms with van der Waals surface area (Å²) in [7, 11) is 0. The number of rotatable bonds is 6. The topological polar surface area (TPSA) is 92.7 Å². The molecule has 2 aliphatic rings. The number of carbonyl (C=O) groups excluding carboxylic acids is 2. The van der Waals surface area contributed by atoms with Gasteiger partial charge in [-0.2, -0.15) is 0 Å². The van der Waals surface area contributed by atoms with Gasteiger partial charge in [0.15, 0.2) is 0 Å². The lowest BCUT2D eigenvalue weighted by Crippen LogP contribution is -2.36. The number of amides is 1. The third-order valence-electron chi connectivity index (χ3n) is 5.10. The number of carboxylic acids is 1. The highest BCUT2D eigenvalue weighted by Crippen LogP contribution is 2.48. The summed E-state index contributed by atoms with van der Waals surface area (Å²) in [5.41, 5.74) is 0.333. The second-order valence-electron chi connectivity index (χ2n) is 7.09. The second kappa shape index (κ2) is 7.23. The van der Waals surface area contributed by atoms with Gasteiger partial charge in [-0.3, -0.25) is 9.59 Å². The van der Waals surface area contributed by atoms with Gasteiger partial charge in [-0.15, -0.1) is 11.3 Å². The van der Waals surface area contributed by atoms with Gasteiger partial charge in [-0.05, 0) is 37.2 Å². The van der Waals surface area contributed by atoms with E-state index < -0.39 is 23.8 Å². The minimum absolute atomic E-state index is 0.0586. The van der Waals surface area contributed by atoms with E-state index in [9.17, 15) is 19.5 Å². The molecule has 0 spiro atoms. The maximum Gasteiger partial charge on any atom is 0.341 e. The number of nitrogens with one attached hydrogen (secondary N) is 1.